The summed E-state index contributed by atoms with van der Waals surface area (Å²) in [6.45, 7) is 4.29. The van der Waals surface area contributed by atoms with Crippen molar-refractivity contribution in [3.05, 3.63) is 45.9 Å². The lowest BCUT2D eigenvalue weighted by atomic mass is 10.1. The number of thiophene rings is 1. The van der Waals surface area contributed by atoms with Gasteiger partial charge in [-0.25, -0.2) is 0 Å². The first-order valence-corrected chi connectivity index (χ1v) is 8.07. The molecule has 106 valence electrons. The van der Waals surface area contributed by atoms with Crippen LogP contribution in [0.4, 0.5) is 5.69 Å². The summed E-state index contributed by atoms with van der Waals surface area (Å²) in [4.78, 5) is 8.52. The molecule has 0 unspecified atom stereocenters. The maximum Gasteiger partial charge on any atom is 0.0654 e. The highest BCUT2D eigenvalue weighted by Gasteiger charge is 2.28. The van der Waals surface area contributed by atoms with Crippen LogP contribution in [-0.2, 0) is 6.42 Å². The summed E-state index contributed by atoms with van der Waals surface area (Å²) in [6, 6.07) is 7.06. The Morgan fingerprint density at radius 2 is 2.40 bits per heavy atom. The number of hydrogen-bond acceptors (Lipinski definition) is 4. The van der Waals surface area contributed by atoms with Gasteiger partial charge in [-0.3, -0.25) is 4.98 Å². The molecule has 2 aromatic rings. The topological polar surface area (TPSA) is 28.2 Å². The van der Waals surface area contributed by atoms with E-state index in [0.717, 1.165) is 25.9 Å². The molecule has 0 saturated heterocycles. The predicted octanol–water partition coefficient (Wildman–Crippen LogP) is 3.16. The predicted molar refractivity (Wildman–Crippen MR) is 85.6 cm³/mol. The summed E-state index contributed by atoms with van der Waals surface area (Å²) in [5, 5.41) is 5.54. The summed E-state index contributed by atoms with van der Waals surface area (Å²) < 4.78 is 0. The van der Waals surface area contributed by atoms with E-state index in [4.69, 9.17) is 0 Å². The Labute approximate surface area is 124 Å². The zero-order valence-electron chi connectivity index (χ0n) is 12.1. The second kappa shape index (κ2) is 5.94. The standard InChI is InChI=1S/C16H21N3S/c1-12-10-16(20-11-12)15(5-8-17-2)19-9-6-13-14(19)4-3-7-18-13/h3-4,7,10-11,15,17H,5-6,8-9H2,1-2H3/t15-/m0/s1. The minimum Gasteiger partial charge on any atom is -0.362 e. The third-order valence-electron chi connectivity index (χ3n) is 3.89. The van der Waals surface area contributed by atoms with E-state index < -0.39 is 0 Å². The molecule has 0 radical (unpaired) electrons. The molecule has 1 atom stereocenters. The number of anilines is 1. The number of nitrogens with zero attached hydrogens (tertiary/aromatic N) is 2. The minimum absolute atomic E-state index is 0.464. The highest BCUT2D eigenvalue weighted by Crippen LogP contribution is 2.37. The summed E-state index contributed by atoms with van der Waals surface area (Å²) in [5.41, 5.74) is 3.93. The summed E-state index contributed by atoms with van der Waals surface area (Å²) >= 11 is 1.88. The first kappa shape index (κ1) is 13.6. The van der Waals surface area contributed by atoms with Crippen LogP contribution >= 0.6 is 11.3 Å². The fourth-order valence-electron chi connectivity index (χ4n) is 2.92. The first-order valence-electron chi connectivity index (χ1n) is 7.20. The lowest BCUT2D eigenvalue weighted by Gasteiger charge is -2.29. The van der Waals surface area contributed by atoms with Gasteiger partial charge in [-0.15, -0.1) is 11.3 Å². The molecule has 0 amide bonds. The Morgan fingerprint density at radius 1 is 1.50 bits per heavy atom. The van der Waals surface area contributed by atoms with E-state index in [-0.39, 0.29) is 0 Å². The van der Waals surface area contributed by atoms with Crippen molar-refractivity contribution in [1.82, 2.24) is 10.3 Å². The van der Waals surface area contributed by atoms with Crippen LogP contribution in [0.15, 0.2) is 29.8 Å². The largest absolute Gasteiger partial charge is 0.362 e. The highest BCUT2D eigenvalue weighted by molar-refractivity contribution is 7.10. The van der Waals surface area contributed by atoms with Gasteiger partial charge in [0.25, 0.3) is 0 Å². The van der Waals surface area contributed by atoms with Gasteiger partial charge < -0.3 is 10.2 Å². The lowest BCUT2D eigenvalue weighted by Crippen LogP contribution is -2.28. The van der Waals surface area contributed by atoms with Crippen molar-refractivity contribution in [2.24, 2.45) is 0 Å². The van der Waals surface area contributed by atoms with Crippen LogP contribution in [0.1, 0.15) is 28.6 Å². The SMILES string of the molecule is CNCC[C@@H](c1cc(C)cs1)N1CCc2ncccc21. The second-order valence-corrected chi connectivity index (χ2v) is 6.29. The molecule has 0 bridgehead atoms. The van der Waals surface area contributed by atoms with Gasteiger partial charge in [-0.1, -0.05) is 0 Å². The van der Waals surface area contributed by atoms with Gasteiger partial charge in [0.1, 0.15) is 0 Å². The van der Waals surface area contributed by atoms with E-state index in [1.807, 2.05) is 30.6 Å². The second-order valence-electron chi connectivity index (χ2n) is 5.35. The molecule has 0 aromatic carbocycles. The summed E-state index contributed by atoms with van der Waals surface area (Å²) in [6.07, 6.45) is 4.10. The van der Waals surface area contributed by atoms with Crippen molar-refractivity contribution in [3.63, 3.8) is 0 Å². The summed E-state index contributed by atoms with van der Waals surface area (Å²) in [5.74, 6) is 0. The van der Waals surface area contributed by atoms with Crippen molar-refractivity contribution in [1.29, 1.82) is 0 Å². The number of pyridine rings is 1. The van der Waals surface area contributed by atoms with Crippen LogP contribution in [-0.4, -0.2) is 25.1 Å². The zero-order valence-corrected chi connectivity index (χ0v) is 12.9. The normalized spacial score (nSPS) is 15.4. The van der Waals surface area contributed by atoms with Gasteiger partial charge in [0.15, 0.2) is 0 Å². The number of hydrogen-bond donors (Lipinski definition) is 1. The minimum atomic E-state index is 0.464. The number of nitrogens with one attached hydrogen (secondary N) is 1. The average Bonchev–Trinajstić information content (AvgIpc) is 3.07. The molecule has 2 aromatic heterocycles. The molecular formula is C16H21N3S. The lowest BCUT2D eigenvalue weighted by molar-refractivity contribution is 0.576. The molecule has 0 fully saturated rings. The Hall–Kier alpha value is -1.39. The Kier molecular flexibility index (Phi) is 4.03. The Morgan fingerprint density at radius 3 is 3.15 bits per heavy atom. The average molecular weight is 287 g/mol. The first-order chi connectivity index (χ1) is 9.79. The molecule has 4 heteroatoms. The molecule has 0 aliphatic carbocycles. The van der Waals surface area contributed by atoms with E-state index in [9.17, 15) is 0 Å². The van der Waals surface area contributed by atoms with Crippen LogP contribution in [0, 0.1) is 6.92 Å². The fourth-order valence-corrected chi connectivity index (χ4v) is 3.96. The fraction of sp³-hybridized carbons (Fsp3) is 0.438. The van der Waals surface area contributed by atoms with Crippen LogP contribution in [0.5, 0.6) is 0 Å². The van der Waals surface area contributed by atoms with Crippen molar-refractivity contribution in [2.75, 3.05) is 25.0 Å². The van der Waals surface area contributed by atoms with Gasteiger partial charge in [-0.05, 0) is 56.1 Å². The molecule has 3 heterocycles. The van der Waals surface area contributed by atoms with Gasteiger partial charge in [0.05, 0.1) is 17.4 Å². The van der Waals surface area contributed by atoms with Gasteiger partial charge in [0, 0.05) is 24.0 Å². The van der Waals surface area contributed by atoms with E-state index in [0.29, 0.717) is 6.04 Å². The third kappa shape index (κ3) is 2.58. The number of rotatable bonds is 5. The maximum atomic E-state index is 4.52. The monoisotopic (exact) mass is 287 g/mol. The smallest absolute Gasteiger partial charge is 0.0654 e. The molecule has 1 N–H and O–H groups in total. The van der Waals surface area contributed by atoms with Crippen LogP contribution in [0.2, 0.25) is 0 Å². The molecular weight excluding hydrogens is 266 g/mol. The van der Waals surface area contributed by atoms with Crippen molar-refractivity contribution in [3.8, 4) is 0 Å². The van der Waals surface area contributed by atoms with Crippen LogP contribution < -0.4 is 10.2 Å². The summed E-state index contributed by atoms with van der Waals surface area (Å²) in [7, 11) is 2.02. The molecule has 1 aliphatic heterocycles. The van der Waals surface area contributed by atoms with E-state index in [1.54, 1.807) is 0 Å². The van der Waals surface area contributed by atoms with Gasteiger partial charge in [-0.2, -0.15) is 0 Å². The van der Waals surface area contributed by atoms with E-state index in [1.165, 1.54) is 21.8 Å². The molecule has 1 aliphatic rings. The van der Waals surface area contributed by atoms with Gasteiger partial charge in [0.2, 0.25) is 0 Å². The number of aromatic nitrogens is 1. The number of fused-ring (bicyclic) bond motifs is 1. The van der Waals surface area contributed by atoms with Crippen molar-refractivity contribution < 1.29 is 0 Å². The Balaban J connectivity index is 1.90. The van der Waals surface area contributed by atoms with Crippen molar-refractivity contribution >= 4 is 17.0 Å². The Bertz CT molecular complexity index is 579. The maximum absolute atomic E-state index is 4.52. The van der Waals surface area contributed by atoms with Crippen LogP contribution in [0.3, 0.4) is 0 Å². The van der Waals surface area contributed by atoms with Crippen LogP contribution in [0.25, 0.3) is 0 Å². The molecule has 0 spiro atoms. The molecule has 0 saturated carbocycles. The van der Waals surface area contributed by atoms with E-state index in [2.05, 4.69) is 39.6 Å². The van der Waals surface area contributed by atoms with Crippen molar-refractivity contribution in [2.45, 2.75) is 25.8 Å². The molecule has 3 rings (SSSR count). The quantitative estimate of drug-likeness (QED) is 0.915. The van der Waals surface area contributed by atoms with Gasteiger partial charge >= 0.3 is 0 Å². The highest BCUT2D eigenvalue weighted by atomic mass is 32.1. The zero-order chi connectivity index (χ0) is 13.9. The molecule has 3 nitrogen and oxygen atoms in total. The molecule has 20 heavy (non-hydrogen) atoms. The third-order valence-corrected chi connectivity index (χ3v) is 5.04. The van der Waals surface area contributed by atoms with E-state index >= 15 is 0 Å². The number of aryl methyl sites for hydroxylation is 1.